The molecule has 1 aromatic carbocycles. The maximum atomic E-state index is 14.8. The van der Waals surface area contributed by atoms with Gasteiger partial charge in [0.25, 0.3) is 0 Å². The third-order valence-electron chi connectivity index (χ3n) is 3.63. The number of rotatable bonds is 11. The average molecular weight is 405 g/mol. The van der Waals surface area contributed by atoms with E-state index in [4.69, 9.17) is 10.3 Å². The number of carbonyl (C=O) groups is 1. The Morgan fingerprint density at radius 1 is 1.26 bits per heavy atom. The van der Waals surface area contributed by atoms with Gasteiger partial charge in [0.15, 0.2) is 0 Å². The summed E-state index contributed by atoms with van der Waals surface area (Å²) in [5, 5.41) is 3.13. The maximum absolute atomic E-state index is 14.8. The van der Waals surface area contributed by atoms with Crippen molar-refractivity contribution in [1.29, 1.82) is 0 Å². The van der Waals surface area contributed by atoms with E-state index in [1.807, 2.05) is 0 Å². The monoisotopic (exact) mass is 405 g/mol. The minimum absolute atomic E-state index is 0.190. The van der Waals surface area contributed by atoms with Gasteiger partial charge in [0.2, 0.25) is 0 Å². The zero-order valence-corrected chi connectivity index (χ0v) is 16.1. The van der Waals surface area contributed by atoms with Crippen LogP contribution in [0, 0.1) is 5.92 Å². The molecule has 11 heteroatoms. The molecule has 8 nitrogen and oxygen atoms in total. The van der Waals surface area contributed by atoms with E-state index in [-0.39, 0.29) is 19.8 Å². The van der Waals surface area contributed by atoms with Gasteiger partial charge >= 0.3 is 19.2 Å². The van der Waals surface area contributed by atoms with E-state index in [9.17, 15) is 18.1 Å². The lowest BCUT2D eigenvalue weighted by molar-refractivity contribution is -0.150. The second kappa shape index (κ2) is 10.4. The molecule has 150 valence electrons. The zero-order valence-electron chi connectivity index (χ0n) is 15.2. The number of carbonyl (C=O) groups excluding carboxylic acids is 1. The Kier molecular flexibility index (Phi) is 8.85. The molecular formula is C16H22F2N3O5P. The highest BCUT2D eigenvalue weighted by molar-refractivity contribution is 7.55. The van der Waals surface area contributed by atoms with Crippen molar-refractivity contribution in [3.63, 3.8) is 0 Å². The Labute approximate surface area is 156 Å². The fraction of sp³-hybridized carbons (Fsp3) is 0.562. The molecule has 2 atom stereocenters. The van der Waals surface area contributed by atoms with Gasteiger partial charge in [-0.2, -0.15) is 8.78 Å². The standard InChI is InChI=1S/C16H22F2N3O5P/c1-4-25-27(23,26-5-2)16(17,18)12(3)14(20-21-19)15(22)24-11-13-9-7-6-8-10-13/h6-10,12,14H,4-5,11H2,1-3H3/t12-,14+/m1/s1. The van der Waals surface area contributed by atoms with Crippen LogP contribution < -0.4 is 0 Å². The molecule has 0 aliphatic rings. The molecule has 0 saturated carbocycles. The number of halogens is 2. The zero-order chi connectivity index (χ0) is 20.5. The first kappa shape index (κ1) is 23.0. The normalized spacial score (nSPS) is 14.1. The number of hydrogen-bond acceptors (Lipinski definition) is 6. The molecule has 0 fully saturated rings. The van der Waals surface area contributed by atoms with Crippen molar-refractivity contribution in [1.82, 2.24) is 0 Å². The van der Waals surface area contributed by atoms with Gasteiger partial charge < -0.3 is 13.8 Å². The number of nitrogens with zero attached hydrogens (tertiary/aromatic N) is 3. The fourth-order valence-corrected chi connectivity index (χ4v) is 3.95. The second-order valence-corrected chi connectivity index (χ2v) is 7.56. The number of esters is 1. The predicted octanol–water partition coefficient (Wildman–Crippen LogP) is 4.90. The van der Waals surface area contributed by atoms with Gasteiger partial charge in [0.05, 0.1) is 19.1 Å². The summed E-state index contributed by atoms with van der Waals surface area (Å²) in [6, 6.07) is 6.62. The van der Waals surface area contributed by atoms with Crippen molar-refractivity contribution in [3.05, 3.63) is 46.3 Å². The highest BCUT2D eigenvalue weighted by Gasteiger charge is 2.60. The fourth-order valence-electron chi connectivity index (χ4n) is 2.21. The van der Waals surface area contributed by atoms with Crippen LogP contribution in [0.5, 0.6) is 0 Å². The molecule has 27 heavy (non-hydrogen) atoms. The van der Waals surface area contributed by atoms with Crippen LogP contribution >= 0.6 is 7.60 Å². The molecule has 0 amide bonds. The van der Waals surface area contributed by atoms with Crippen LogP contribution in [0.4, 0.5) is 8.78 Å². The topological polar surface area (TPSA) is 111 Å². The molecule has 0 aliphatic carbocycles. The van der Waals surface area contributed by atoms with Crippen molar-refractivity contribution in [3.8, 4) is 0 Å². The Bertz CT molecular complexity index is 703. The van der Waals surface area contributed by atoms with E-state index in [1.54, 1.807) is 30.3 Å². The van der Waals surface area contributed by atoms with E-state index in [1.165, 1.54) is 13.8 Å². The van der Waals surface area contributed by atoms with Gasteiger partial charge in [-0.1, -0.05) is 42.4 Å². The molecule has 0 spiro atoms. The van der Waals surface area contributed by atoms with E-state index in [2.05, 4.69) is 19.1 Å². The van der Waals surface area contributed by atoms with Crippen LogP contribution in [0.2, 0.25) is 0 Å². The molecule has 1 rings (SSSR count). The molecular weight excluding hydrogens is 383 g/mol. The number of azide groups is 1. The third-order valence-corrected chi connectivity index (χ3v) is 5.96. The predicted molar refractivity (Wildman–Crippen MR) is 94.1 cm³/mol. The summed E-state index contributed by atoms with van der Waals surface area (Å²) >= 11 is 0. The summed E-state index contributed by atoms with van der Waals surface area (Å²) in [6.45, 7) is 2.92. The Morgan fingerprint density at radius 2 is 1.81 bits per heavy atom. The quantitative estimate of drug-likeness (QED) is 0.171. The molecule has 0 heterocycles. The van der Waals surface area contributed by atoms with Crippen molar-refractivity contribution < 1.29 is 31.9 Å². The van der Waals surface area contributed by atoms with Gasteiger partial charge in [0, 0.05) is 4.91 Å². The number of ether oxygens (including phenoxy) is 1. The van der Waals surface area contributed by atoms with Gasteiger partial charge in [-0.3, -0.25) is 9.36 Å². The summed E-state index contributed by atoms with van der Waals surface area (Å²) < 4.78 is 56.5. The highest BCUT2D eigenvalue weighted by atomic mass is 31.2. The molecule has 0 N–H and O–H groups in total. The summed E-state index contributed by atoms with van der Waals surface area (Å²) in [5.41, 5.74) is 5.21. The molecule has 1 aromatic rings. The maximum Gasteiger partial charge on any atom is 0.399 e. The van der Waals surface area contributed by atoms with Crippen molar-refractivity contribution in [2.45, 2.75) is 39.1 Å². The van der Waals surface area contributed by atoms with Crippen LogP contribution in [-0.2, 0) is 29.8 Å². The van der Waals surface area contributed by atoms with E-state index < -0.39 is 31.2 Å². The molecule has 0 unspecified atom stereocenters. The van der Waals surface area contributed by atoms with Crippen molar-refractivity contribution in [2.24, 2.45) is 11.0 Å². The summed E-state index contributed by atoms with van der Waals surface area (Å²) in [6.07, 6.45) is 0. The molecule has 0 saturated heterocycles. The highest BCUT2D eigenvalue weighted by Crippen LogP contribution is 2.65. The lowest BCUT2D eigenvalue weighted by Crippen LogP contribution is -2.40. The SMILES string of the molecule is CCOP(=O)(OCC)C(F)(F)[C@H](C)[C@H](N=[N+]=[N-])C(=O)OCc1ccccc1. The van der Waals surface area contributed by atoms with Gasteiger partial charge in [-0.25, -0.2) is 0 Å². The Morgan fingerprint density at radius 3 is 2.30 bits per heavy atom. The van der Waals surface area contributed by atoms with Crippen LogP contribution in [0.25, 0.3) is 10.4 Å². The molecule has 0 aromatic heterocycles. The van der Waals surface area contributed by atoms with Crippen molar-refractivity contribution in [2.75, 3.05) is 13.2 Å². The summed E-state index contributed by atoms with van der Waals surface area (Å²) in [4.78, 5) is 14.7. The smallest absolute Gasteiger partial charge is 0.399 e. The lowest BCUT2D eigenvalue weighted by Gasteiger charge is -2.32. The van der Waals surface area contributed by atoms with Crippen LogP contribution in [0.3, 0.4) is 0 Å². The van der Waals surface area contributed by atoms with Gasteiger partial charge in [-0.05, 0) is 24.9 Å². The summed E-state index contributed by atoms with van der Waals surface area (Å²) in [5.74, 6) is -3.15. The third kappa shape index (κ3) is 5.74. The Hall–Kier alpha value is -1.99. The van der Waals surface area contributed by atoms with Crippen LogP contribution in [0.1, 0.15) is 26.3 Å². The van der Waals surface area contributed by atoms with Crippen molar-refractivity contribution >= 4 is 13.6 Å². The second-order valence-electron chi connectivity index (χ2n) is 5.45. The molecule has 0 aliphatic heterocycles. The Balaban J connectivity index is 3.04. The lowest BCUT2D eigenvalue weighted by atomic mass is 10.0. The summed E-state index contributed by atoms with van der Waals surface area (Å²) in [7, 11) is -4.90. The van der Waals surface area contributed by atoms with Gasteiger partial charge in [0.1, 0.15) is 12.6 Å². The average Bonchev–Trinajstić information content (AvgIpc) is 2.64. The minimum Gasteiger partial charge on any atom is -0.460 e. The van der Waals surface area contributed by atoms with E-state index >= 15 is 0 Å². The van der Waals surface area contributed by atoms with Crippen LogP contribution in [-0.4, -0.2) is 30.9 Å². The first-order valence-corrected chi connectivity index (χ1v) is 9.79. The van der Waals surface area contributed by atoms with E-state index in [0.717, 1.165) is 6.92 Å². The minimum atomic E-state index is -4.90. The van der Waals surface area contributed by atoms with E-state index in [0.29, 0.717) is 5.56 Å². The number of hydrogen-bond donors (Lipinski definition) is 0. The first-order valence-electron chi connectivity index (χ1n) is 8.25. The first-order chi connectivity index (χ1) is 12.7. The largest absolute Gasteiger partial charge is 0.460 e. The number of benzene rings is 1. The van der Waals surface area contributed by atoms with Crippen LogP contribution in [0.15, 0.2) is 35.4 Å². The number of alkyl halides is 2. The van der Waals surface area contributed by atoms with Gasteiger partial charge in [-0.15, -0.1) is 0 Å². The molecule has 0 radical (unpaired) electrons. The molecule has 0 bridgehead atoms.